The van der Waals surface area contributed by atoms with Gasteiger partial charge in [0.05, 0.1) is 23.0 Å². The third-order valence-electron chi connectivity index (χ3n) is 4.44. The second-order valence-corrected chi connectivity index (χ2v) is 6.33. The number of halogens is 5. The number of benzene rings is 2. The quantitative estimate of drug-likeness (QED) is 0.254. The van der Waals surface area contributed by atoms with Crippen molar-refractivity contribution in [1.82, 2.24) is 4.98 Å². The number of amides is 1. The maximum atomic E-state index is 13.2. The molecule has 0 fully saturated rings. The van der Waals surface area contributed by atoms with E-state index in [0.717, 1.165) is 30.3 Å². The predicted octanol–water partition coefficient (Wildman–Crippen LogP) is 5.64. The normalized spacial score (nSPS) is 12.0. The first-order valence-electron chi connectivity index (χ1n) is 8.61. The smallest absolute Gasteiger partial charge is 0.416 e. The summed E-state index contributed by atoms with van der Waals surface area (Å²) in [7, 11) is 0. The van der Waals surface area contributed by atoms with E-state index in [4.69, 9.17) is 4.42 Å². The first-order chi connectivity index (χ1) is 14.7. The number of hydrogen-bond donors (Lipinski definition) is 1. The van der Waals surface area contributed by atoms with Crippen molar-refractivity contribution < 1.29 is 41.1 Å². The van der Waals surface area contributed by atoms with Crippen molar-refractivity contribution in [3.8, 4) is 5.75 Å². The molecule has 0 bridgehead atoms. The Labute approximate surface area is 170 Å². The molecular formula is C20H11F5N2O4. The van der Waals surface area contributed by atoms with Gasteiger partial charge in [0.15, 0.2) is 11.3 Å². The van der Waals surface area contributed by atoms with Gasteiger partial charge in [-0.3, -0.25) is 15.0 Å². The van der Waals surface area contributed by atoms with Crippen molar-refractivity contribution in [2.45, 2.75) is 12.8 Å². The summed E-state index contributed by atoms with van der Waals surface area (Å²) in [5.41, 5.74) is -1.79. The van der Waals surface area contributed by atoms with Gasteiger partial charge in [-0.05, 0) is 42.5 Å². The van der Waals surface area contributed by atoms with E-state index in [-0.39, 0.29) is 38.3 Å². The van der Waals surface area contributed by atoms with E-state index >= 15 is 0 Å². The van der Waals surface area contributed by atoms with Gasteiger partial charge in [-0.1, -0.05) is 0 Å². The fourth-order valence-corrected chi connectivity index (χ4v) is 3.11. The molecule has 0 radical (unpaired) electrons. The molecule has 0 unspecified atom stereocenters. The van der Waals surface area contributed by atoms with Crippen LogP contribution in [0.1, 0.15) is 15.9 Å². The average molecular weight is 438 g/mol. The number of hydrogen-bond acceptors (Lipinski definition) is 5. The molecule has 0 aliphatic carbocycles. The molecule has 1 N–H and O–H groups in total. The number of alkyl halides is 5. The highest BCUT2D eigenvalue weighted by Gasteiger charge is 2.32. The Kier molecular flexibility index (Phi) is 4.97. The van der Waals surface area contributed by atoms with Crippen LogP contribution in [0.25, 0.3) is 21.9 Å². The van der Waals surface area contributed by atoms with Crippen molar-refractivity contribution in [3.63, 3.8) is 0 Å². The number of pyridine rings is 1. The van der Waals surface area contributed by atoms with Gasteiger partial charge in [0.25, 0.3) is 5.91 Å². The van der Waals surface area contributed by atoms with Gasteiger partial charge in [-0.25, -0.2) is 0 Å². The number of hydroxylamine groups is 1. The van der Waals surface area contributed by atoms with E-state index in [1.165, 1.54) is 24.5 Å². The third kappa shape index (κ3) is 3.75. The number of anilines is 1. The van der Waals surface area contributed by atoms with Gasteiger partial charge >= 0.3 is 12.8 Å². The van der Waals surface area contributed by atoms with Crippen molar-refractivity contribution in [3.05, 3.63) is 66.0 Å². The second kappa shape index (κ2) is 7.51. The molecule has 4 aromatic rings. The van der Waals surface area contributed by atoms with Crippen LogP contribution >= 0.6 is 0 Å². The van der Waals surface area contributed by atoms with Crippen LogP contribution in [-0.4, -0.2) is 22.7 Å². The Morgan fingerprint density at radius 2 is 1.94 bits per heavy atom. The minimum absolute atomic E-state index is 0.0164. The monoisotopic (exact) mass is 438 g/mol. The number of aromatic nitrogens is 1. The van der Waals surface area contributed by atoms with Gasteiger partial charge in [-0.15, -0.1) is 0 Å². The van der Waals surface area contributed by atoms with E-state index in [1.54, 1.807) is 0 Å². The number of carbonyl (C=O) groups excluding carboxylic acids is 1. The largest absolute Gasteiger partial charge is 0.452 e. The van der Waals surface area contributed by atoms with Crippen molar-refractivity contribution in [2.75, 3.05) is 5.06 Å². The number of fused-ring (bicyclic) bond motifs is 3. The van der Waals surface area contributed by atoms with Gasteiger partial charge in [-0.2, -0.15) is 27.0 Å². The maximum Gasteiger partial charge on any atom is 0.416 e. The van der Waals surface area contributed by atoms with E-state index in [1.807, 2.05) is 0 Å². The molecule has 4 rings (SSSR count). The highest BCUT2D eigenvalue weighted by Crippen LogP contribution is 2.41. The molecule has 0 aliphatic rings. The summed E-state index contributed by atoms with van der Waals surface area (Å²) in [6.45, 7) is -3.24. The number of nitrogens with zero attached hydrogens (tertiary/aromatic N) is 2. The van der Waals surface area contributed by atoms with Gasteiger partial charge in [0.2, 0.25) is 0 Å². The highest BCUT2D eigenvalue weighted by atomic mass is 19.4. The molecule has 31 heavy (non-hydrogen) atoms. The summed E-state index contributed by atoms with van der Waals surface area (Å²) in [4.78, 5) is 16.7. The topological polar surface area (TPSA) is 75.8 Å². The molecule has 6 nitrogen and oxygen atoms in total. The van der Waals surface area contributed by atoms with E-state index in [9.17, 15) is 32.0 Å². The van der Waals surface area contributed by atoms with Gasteiger partial charge < -0.3 is 9.15 Å². The molecule has 160 valence electrons. The van der Waals surface area contributed by atoms with Gasteiger partial charge in [0.1, 0.15) is 5.58 Å². The average Bonchev–Trinajstić information content (AvgIpc) is 3.12. The minimum atomic E-state index is -4.70. The zero-order valence-electron chi connectivity index (χ0n) is 15.2. The number of ether oxygens (including phenoxy) is 1. The van der Waals surface area contributed by atoms with Crippen molar-refractivity contribution in [1.29, 1.82) is 0 Å². The fourth-order valence-electron chi connectivity index (χ4n) is 3.11. The molecule has 11 heteroatoms. The third-order valence-corrected chi connectivity index (χ3v) is 4.44. The molecule has 0 atom stereocenters. The van der Waals surface area contributed by atoms with Crippen molar-refractivity contribution >= 4 is 33.5 Å². The summed E-state index contributed by atoms with van der Waals surface area (Å²) in [5.74, 6) is -1.51. The van der Waals surface area contributed by atoms with E-state index in [2.05, 4.69) is 9.72 Å². The predicted molar refractivity (Wildman–Crippen MR) is 98.2 cm³/mol. The molecule has 0 aliphatic heterocycles. The molecule has 2 aromatic carbocycles. The number of rotatable bonds is 4. The zero-order valence-corrected chi connectivity index (χ0v) is 15.2. The lowest BCUT2D eigenvalue weighted by molar-refractivity contribution is -0.137. The second-order valence-electron chi connectivity index (χ2n) is 6.33. The first kappa shape index (κ1) is 20.5. The fraction of sp³-hybridized carbons (Fsp3) is 0.100. The summed E-state index contributed by atoms with van der Waals surface area (Å²) in [6, 6.07) is 7.37. The minimum Gasteiger partial charge on any atom is -0.452 e. The Morgan fingerprint density at radius 1 is 1.16 bits per heavy atom. The Morgan fingerprint density at radius 3 is 2.58 bits per heavy atom. The lowest BCUT2D eigenvalue weighted by Crippen LogP contribution is -2.27. The summed E-state index contributed by atoms with van der Waals surface area (Å²) >= 11 is 0. The molecule has 0 spiro atoms. The standard InChI is InChI=1S/C20H11F5N2O4/c21-19(22)31-15-6-4-12(18(28)27(29)11-2-1-7-26-9-11)16-13-8-10(20(23,24)25)3-5-14(13)30-17(15)16/h1-9,19,29H. The van der Waals surface area contributed by atoms with Gasteiger partial charge in [0, 0.05) is 17.0 Å². The zero-order chi connectivity index (χ0) is 22.3. The van der Waals surface area contributed by atoms with Crippen LogP contribution in [0.15, 0.2) is 59.3 Å². The van der Waals surface area contributed by atoms with Crippen LogP contribution in [0.4, 0.5) is 27.6 Å². The molecule has 1 amide bonds. The van der Waals surface area contributed by atoms with Crippen LogP contribution in [0, 0.1) is 0 Å². The Balaban J connectivity index is 1.97. The lowest BCUT2D eigenvalue weighted by Gasteiger charge is -2.15. The van der Waals surface area contributed by atoms with E-state index in [0.29, 0.717) is 0 Å². The summed E-state index contributed by atoms with van der Waals surface area (Å²) < 4.78 is 75.0. The highest BCUT2D eigenvalue weighted by molar-refractivity contribution is 6.20. The molecular weight excluding hydrogens is 427 g/mol. The molecule has 0 saturated carbocycles. The van der Waals surface area contributed by atoms with Crippen LogP contribution < -0.4 is 9.80 Å². The SMILES string of the molecule is O=C(c1ccc(OC(F)F)c2oc3ccc(C(F)(F)F)cc3c12)N(O)c1cccnc1. The maximum absolute atomic E-state index is 13.2. The summed E-state index contributed by atoms with van der Waals surface area (Å²) in [5, 5.41) is 10.2. The van der Waals surface area contributed by atoms with Crippen molar-refractivity contribution in [2.24, 2.45) is 0 Å². The first-order valence-corrected chi connectivity index (χ1v) is 8.61. The number of furan rings is 1. The Bertz CT molecular complexity index is 1270. The van der Waals surface area contributed by atoms with E-state index < -0.39 is 30.0 Å². The molecule has 0 saturated heterocycles. The summed E-state index contributed by atoms with van der Waals surface area (Å²) in [6.07, 6.45) is -2.12. The van der Waals surface area contributed by atoms with Crippen LogP contribution in [0.3, 0.4) is 0 Å². The Hall–Kier alpha value is -3.73. The van der Waals surface area contributed by atoms with Crippen LogP contribution in [0.5, 0.6) is 5.75 Å². The van der Waals surface area contributed by atoms with Crippen LogP contribution in [-0.2, 0) is 6.18 Å². The number of carbonyl (C=O) groups is 1. The molecule has 2 aromatic heterocycles. The lowest BCUT2D eigenvalue weighted by atomic mass is 10.0. The molecule has 2 heterocycles. The van der Waals surface area contributed by atoms with Crippen LogP contribution in [0.2, 0.25) is 0 Å².